The Labute approximate surface area is 220 Å². The van der Waals surface area contributed by atoms with Crippen molar-refractivity contribution in [1.82, 2.24) is 5.32 Å². The second-order valence-electron chi connectivity index (χ2n) is 12.9. The molecule has 4 aliphatic rings. The molecule has 3 nitrogen and oxygen atoms in total. The maximum atomic E-state index is 11.1. The van der Waals surface area contributed by atoms with Crippen molar-refractivity contribution < 1.29 is 5.11 Å². The zero-order valence-corrected chi connectivity index (χ0v) is 24.1. The summed E-state index contributed by atoms with van der Waals surface area (Å²) < 4.78 is 0. The quantitative estimate of drug-likeness (QED) is 0.348. The van der Waals surface area contributed by atoms with Crippen molar-refractivity contribution in [3.05, 3.63) is 57.1 Å². The Balaban J connectivity index is 1.27. The Hall–Kier alpha value is -1.30. The van der Waals surface area contributed by atoms with Gasteiger partial charge in [-0.2, -0.15) is 0 Å². The highest BCUT2D eigenvalue weighted by molar-refractivity contribution is 8.03. The Morgan fingerprint density at radius 2 is 1.97 bits per heavy atom. The normalized spacial score (nSPS) is 30.0. The number of rotatable bonds is 5. The Morgan fingerprint density at radius 1 is 1.20 bits per heavy atom. The third-order valence-corrected chi connectivity index (χ3v) is 10.5. The van der Waals surface area contributed by atoms with Crippen LogP contribution in [0.5, 0.6) is 0 Å². The number of nitrogens with one attached hydrogen (secondary N) is 2. The summed E-state index contributed by atoms with van der Waals surface area (Å²) in [6.45, 7) is 15.6. The van der Waals surface area contributed by atoms with E-state index in [1.807, 2.05) is 23.5 Å². The van der Waals surface area contributed by atoms with Gasteiger partial charge < -0.3 is 15.7 Å². The predicted octanol–water partition coefficient (Wildman–Crippen LogP) is 8.27. The van der Waals surface area contributed by atoms with Crippen LogP contribution in [0.15, 0.2) is 56.4 Å². The monoisotopic (exact) mass is 510 g/mol. The maximum Gasteiger partial charge on any atom is 0.0999 e. The number of thioether (sulfide) groups is 2. The summed E-state index contributed by atoms with van der Waals surface area (Å²) in [7, 11) is 0. The Kier molecular flexibility index (Phi) is 6.46. The molecule has 1 fully saturated rings. The van der Waals surface area contributed by atoms with Crippen LogP contribution in [0.4, 0.5) is 5.69 Å². The molecule has 4 atom stereocenters. The van der Waals surface area contributed by atoms with Gasteiger partial charge in [-0.15, -0.1) is 11.8 Å². The summed E-state index contributed by atoms with van der Waals surface area (Å²) in [6.07, 6.45) is 9.23. The van der Waals surface area contributed by atoms with Gasteiger partial charge in [0.05, 0.1) is 11.3 Å². The van der Waals surface area contributed by atoms with Crippen molar-refractivity contribution >= 4 is 29.2 Å². The summed E-state index contributed by atoms with van der Waals surface area (Å²) >= 11 is 3.91. The lowest BCUT2D eigenvalue weighted by Gasteiger charge is -2.37. The molecule has 1 spiro atoms. The van der Waals surface area contributed by atoms with E-state index in [9.17, 15) is 5.11 Å². The van der Waals surface area contributed by atoms with Crippen LogP contribution in [0.2, 0.25) is 0 Å². The van der Waals surface area contributed by atoms with E-state index in [1.165, 1.54) is 38.8 Å². The van der Waals surface area contributed by atoms with Crippen molar-refractivity contribution in [2.24, 2.45) is 22.7 Å². The SMILES string of the molecule is CCc1ccc2c(c1)SC1=CC(NCSC3=CC(C(C)(C)C)=C(O)C(C(C)(C)C)C3)CC3CC13N2. The lowest BCUT2D eigenvalue weighted by Crippen LogP contribution is -2.38. The molecular weight excluding hydrogens is 468 g/mol. The van der Waals surface area contributed by atoms with Crippen LogP contribution in [0.25, 0.3) is 0 Å². The molecule has 0 amide bonds. The van der Waals surface area contributed by atoms with Gasteiger partial charge in [-0.3, -0.25) is 0 Å². The van der Waals surface area contributed by atoms with Gasteiger partial charge in [-0.1, -0.05) is 72.4 Å². The maximum absolute atomic E-state index is 11.1. The highest BCUT2D eigenvalue weighted by atomic mass is 32.2. The van der Waals surface area contributed by atoms with Crippen LogP contribution in [-0.2, 0) is 6.42 Å². The first-order valence-corrected chi connectivity index (χ1v) is 15.0. The molecular formula is C30H42N2OS2. The molecule has 0 aromatic heterocycles. The second kappa shape index (κ2) is 8.92. The first kappa shape index (κ1) is 25.4. The van der Waals surface area contributed by atoms with Gasteiger partial charge in [0, 0.05) is 33.3 Å². The van der Waals surface area contributed by atoms with E-state index in [0.29, 0.717) is 11.8 Å². The summed E-state index contributed by atoms with van der Waals surface area (Å²) in [4.78, 5) is 4.28. The van der Waals surface area contributed by atoms with E-state index in [-0.39, 0.29) is 22.3 Å². The predicted molar refractivity (Wildman–Crippen MR) is 153 cm³/mol. The van der Waals surface area contributed by atoms with Gasteiger partial charge in [0.1, 0.15) is 0 Å². The second-order valence-corrected chi connectivity index (χ2v) is 15.1. The minimum atomic E-state index is -0.0600. The average molecular weight is 511 g/mol. The van der Waals surface area contributed by atoms with E-state index in [2.05, 4.69) is 89.5 Å². The minimum absolute atomic E-state index is 0.0380. The molecule has 5 heteroatoms. The molecule has 1 aromatic rings. The summed E-state index contributed by atoms with van der Waals surface area (Å²) in [5.74, 6) is 2.40. The number of benzene rings is 1. The lowest BCUT2D eigenvalue weighted by molar-refractivity contribution is 0.190. The number of aliphatic hydroxyl groups excluding tert-OH is 1. The molecule has 1 heterocycles. The number of aryl methyl sites for hydroxylation is 1. The standard InChI is InChI=1S/C30H42N2OS2/c1-8-18-9-10-24-25(11-18)35-26-13-20(12-19-16-30(19,26)32-24)31-17-34-21-14-22(28(2,3)4)27(33)23(15-21)29(5,6)7/h9-11,13-14,19-20,23,31-33H,8,12,15-17H2,1-7H3. The lowest BCUT2D eigenvalue weighted by atomic mass is 9.71. The van der Waals surface area contributed by atoms with Gasteiger partial charge >= 0.3 is 0 Å². The zero-order valence-electron chi connectivity index (χ0n) is 22.4. The fourth-order valence-corrected chi connectivity index (χ4v) is 8.24. The van der Waals surface area contributed by atoms with Crippen molar-refractivity contribution in [3.8, 4) is 0 Å². The number of aliphatic hydroxyl groups is 1. The molecule has 35 heavy (non-hydrogen) atoms. The van der Waals surface area contributed by atoms with Gasteiger partial charge in [-0.25, -0.2) is 0 Å². The number of anilines is 1. The summed E-state index contributed by atoms with van der Waals surface area (Å²) in [5, 5.41) is 18.8. The molecule has 1 aromatic carbocycles. The van der Waals surface area contributed by atoms with Crippen molar-refractivity contribution in [2.45, 2.75) is 90.6 Å². The third-order valence-electron chi connectivity index (χ3n) is 8.24. The van der Waals surface area contributed by atoms with Crippen LogP contribution in [0.1, 0.15) is 73.3 Å². The fraction of sp³-hybridized carbons (Fsp3) is 0.600. The number of allylic oxidation sites excluding steroid dienone is 4. The molecule has 1 aliphatic heterocycles. The molecule has 1 saturated carbocycles. The van der Waals surface area contributed by atoms with Gasteiger partial charge in [0.2, 0.25) is 0 Å². The zero-order chi connectivity index (χ0) is 25.2. The molecule has 0 saturated heterocycles. The van der Waals surface area contributed by atoms with Crippen molar-refractivity contribution in [2.75, 3.05) is 11.2 Å². The minimum Gasteiger partial charge on any atom is -0.512 e. The summed E-state index contributed by atoms with van der Waals surface area (Å²) in [6, 6.07) is 7.34. The largest absolute Gasteiger partial charge is 0.512 e. The molecule has 4 unspecified atom stereocenters. The molecule has 0 bridgehead atoms. The number of hydrogen-bond acceptors (Lipinski definition) is 5. The Bertz CT molecular complexity index is 1100. The summed E-state index contributed by atoms with van der Waals surface area (Å²) in [5.41, 5.74) is 4.01. The Morgan fingerprint density at radius 3 is 2.66 bits per heavy atom. The highest BCUT2D eigenvalue weighted by Gasteiger charge is 2.60. The van der Waals surface area contributed by atoms with Crippen molar-refractivity contribution in [3.63, 3.8) is 0 Å². The van der Waals surface area contributed by atoms with Crippen molar-refractivity contribution in [1.29, 1.82) is 0 Å². The van der Waals surface area contributed by atoms with E-state index in [4.69, 9.17) is 0 Å². The van der Waals surface area contributed by atoms with Crippen LogP contribution in [-0.4, -0.2) is 22.6 Å². The third kappa shape index (κ3) is 4.85. The first-order valence-electron chi connectivity index (χ1n) is 13.2. The van der Waals surface area contributed by atoms with Gasteiger partial charge in [0.15, 0.2) is 0 Å². The van der Waals surface area contributed by atoms with Crippen LogP contribution in [0.3, 0.4) is 0 Å². The number of hydrogen-bond donors (Lipinski definition) is 3. The van der Waals surface area contributed by atoms with Gasteiger partial charge in [-0.05, 0) is 76.7 Å². The first-order chi connectivity index (χ1) is 16.4. The van der Waals surface area contributed by atoms with E-state index in [0.717, 1.165) is 30.2 Å². The van der Waals surface area contributed by atoms with Crippen LogP contribution in [0, 0.1) is 22.7 Å². The van der Waals surface area contributed by atoms with Gasteiger partial charge in [0.25, 0.3) is 0 Å². The molecule has 0 radical (unpaired) electrons. The van der Waals surface area contributed by atoms with E-state index < -0.39 is 0 Å². The molecule has 3 aliphatic carbocycles. The fourth-order valence-electron chi connectivity index (χ4n) is 5.88. The molecule has 3 N–H and O–H groups in total. The molecule has 5 rings (SSSR count). The number of fused-ring (bicyclic) bond motifs is 1. The van der Waals surface area contributed by atoms with Crippen LogP contribution >= 0.6 is 23.5 Å². The highest BCUT2D eigenvalue weighted by Crippen LogP contribution is 2.63. The van der Waals surface area contributed by atoms with E-state index >= 15 is 0 Å². The van der Waals surface area contributed by atoms with Crippen LogP contribution < -0.4 is 10.6 Å². The van der Waals surface area contributed by atoms with E-state index in [1.54, 1.807) is 0 Å². The average Bonchev–Trinajstić information content (AvgIpc) is 3.48. The smallest absolute Gasteiger partial charge is 0.0999 e. The molecule has 190 valence electrons. The topological polar surface area (TPSA) is 44.3 Å².